The number of carbonyl (C=O) groups is 1. The molecule has 0 radical (unpaired) electrons. The third-order valence-electron chi connectivity index (χ3n) is 4.99. The number of fused-ring (bicyclic) bond motifs is 1. The van der Waals surface area contributed by atoms with E-state index < -0.39 is 12.2 Å². The van der Waals surface area contributed by atoms with E-state index in [0.717, 1.165) is 62.0 Å². The van der Waals surface area contributed by atoms with E-state index in [4.69, 9.17) is 4.42 Å². The lowest BCUT2D eigenvalue weighted by Gasteiger charge is -2.11. The Morgan fingerprint density at radius 2 is 2.19 bits per heavy atom. The first-order valence-corrected chi connectivity index (χ1v) is 9.77. The normalized spacial score (nSPS) is 20.5. The molecule has 1 aromatic heterocycles. The molecule has 1 aromatic rings. The molecule has 5 nitrogen and oxygen atoms in total. The molecule has 0 aliphatic heterocycles. The van der Waals surface area contributed by atoms with Crippen molar-refractivity contribution < 1.29 is 24.2 Å². The molecular formula is C21H32O5. The molecule has 146 valence electrons. The van der Waals surface area contributed by atoms with Gasteiger partial charge in [0.15, 0.2) is 0 Å². The largest absolute Gasteiger partial charge is 0.469 e. The summed E-state index contributed by atoms with van der Waals surface area (Å²) in [5.74, 6) is 1.44. The van der Waals surface area contributed by atoms with E-state index >= 15 is 0 Å². The molecule has 2 rings (SSSR count). The highest BCUT2D eigenvalue weighted by Gasteiger charge is 2.33. The number of aryl methyl sites for hydroxylation is 1. The van der Waals surface area contributed by atoms with Gasteiger partial charge >= 0.3 is 5.97 Å². The second-order valence-corrected chi connectivity index (χ2v) is 7.12. The van der Waals surface area contributed by atoms with Gasteiger partial charge in [0, 0.05) is 30.7 Å². The van der Waals surface area contributed by atoms with Crippen molar-refractivity contribution in [2.24, 2.45) is 0 Å². The molecule has 2 N–H and O–H groups in total. The third-order valence-corrected chi connectivity index (χ3v) is 4.99. The van der Waals surface area contributed by atoms with Crippen LogP contribution in [0, 0.1) is 0 Å². The summed E-state index contributed by atoms with van der Waals surface area (Å²) in [6, 6.07) is 2.02. The van der Waals surface area contributed by atoms with Gasteiger partial charge in [0.2, 0.25) is 0 Å². The van der Waals surface area contributed by atoms with Crippen molar-refractivity contribution in [1.82, 2.24) is 0 Å². The summed E-state index contributed by atoms with van der Waals surface area (Å²) in [6.07, 6.45) is 10.2. The molecule has 5 heteroatoms. The number of esters is 1. The maximum atomic E-state index is 11.1. The van der Waals surface area contributed by atoms with Gasteiger partial charge in [0.25, 0.3) is 0 Å². The number of unbranched alkanes of at least 4 members (excludes halogenated alkanes) is 3. The van der Waals surface area contributed by atoms with E-state index in [1.165, 1.54) is 7.11 Å². The lowest BCUT2D eigenvalue weighted by atomic mass is 9.98. The highest BCUT2D eigenvalue weighted by Crippen LogP contribution is 2.37. The summed E-state index contributed by atoms with van der Waals surface area (Å²) < 4.78 is 10.5. The van der Waals surface area contributed by atoms with Gasteiger partial charge in [0.1, 0.15) is 11.5 Å². The zero-order chi connectivity index (χ0) is 18.9. The Balaban J connectivity index is 1.86. The first-order chi connectivity index (χ1) is 12.5. The molecule has 0 unspecified atom stereocenters. The Bertz CT molecular complexity index is 589. The van der Waals surface area contributed by atoms with Crippen LogP contribution in [-0.2, 0) is 22.4 Å². The van der Waals surface area contributed by atoms with Crippen molar-refractivity contribution in [1.29, 1.82) is 0 Å². The molecule has 0 aromatic carbocycles. The van der Waals surface area contributed by atoms with Crippen molar-refractivity contribution in [3.05, 3.63) is 35.3 Å². The fourth-order valence-corrected chi connectivity index (χ4v) is 3.44. The van der Waals surface area contributed by atoms with Crippen LogP contribution in [0.25, 0.3) is 0 Å². The SMILES string of the molecule is CCCCC[C@H](O)/C=C/[C@@H]1c2cc(CCCCC(=O)OC)oc2C[C@H]1O. The van der Waals surface area contributed by atoms with E-state index in [-0.39, 0.29) is 11.9 Å². The Hall–Kier alpha value is -1.59. The molecule has 1 aliphatic carbocycles. The predicted molar refractivity (Wildman–Crippen MR) is 100 cm³/mol. The topological polar surface area (TPSA) is 79.9 Å². The Labute approximate surface area is 156 Å². The van der Waals surface area contributed by atoms with Crippen LogP contribution in [0.4, 0.5) is 0 Å². The summed E-state index contributed by atoms with van der Waals surface area (Å²) in [7, 11) is 1.40. The lowest BCUT2D eigenvalue weighted by molar-refractivity contribution is -0.140. The minimum atomic E-state index is -0.490. The van der Waals surface area contributed by atoms with Gasteiger partial charge in [-0.1, -0.05) is 38.3 Å². The van der Waals surface area contributed by atoms with Gasteiger partial charge in [-0.2, -0.15) is 0 Å². The van der Waals surface area contributed by atoms with Crippen LogP contribution in [0.5, 0.6) is 0 Å². The van der Waals surface area contributed by atoms with E-state index in [0.29, 0.717) is 12.8 Å². The molecule has 0 saturated heterocycles. The number of hydrogen-bond acceptors (Lipinski definition) is 5. The van der Waals surface area contributed by atoms with Crippen molar-refractivity contribution in [3.8, 4) is 0 Å². The third kappa shape index (κ3) is 5.99. The fourth-order valence-electron chi connectivity index (χ4n) is 3.44. The highest BCUT2D eigenvalue weighted by atomic mass is 16.5. The number of hydrogen-bond donors (Lipinski definition) is 2. The monoisotopic (exact) mass is 364 g/mol. The Morgan fingerprint density at radius 1 is 1.38 bits per heavy atom. The fraction of sp³-hybridized carbons (Fsp3) is 0.667. The number of rotatable bonds is 11. The van der Waals surface area contributed by atoms with Gasteiger partial charge in [0.05, 0.1) is 19.3 Å². The van der Waals surface area contributed by atoms with Crippen molar-refractivity contribution in [2.75, 3.05) is 7.11 Å². The van der Waals surface area contributed by atoms with Crippen molar-refractivity contribution in [3.63, 3.8) is 0 Å². The predicted octanol–water partition coefficient (Wildman–Crippen LogP) is 3.66. The summed E-state index contributed by atoms with van der Waals surface area (Å²) in [5.41, 5.74) is 1.03. The molecule has 1 aliphatic rings. The first-order valence-electron chi connectivity index (χ1n) is 9.77. The molecule has 1 heterocycles. The summed E-state index contributed by atoms with van der Waals surface area (Å²) in [4.78, 5) is 11.1. The first kappa shape index (κ1) is 20.7. The number of furan rings is 1. The van der Waals surface area contributed by atoms with Crippen LogP contribution in [0.15, 0.2) is 22.6 Å². The lowest BCUT2D eigenvalue weighted by Crippen LogP contribution is -2.12. The van der Waals surface area contributed by atoms with Crippen molar-refractivity contribution >= 4 is 5.97 Å². The maximum absolute atomic E-state index is 11.1. The van der Waals surface area contributed by atoms with Gasteiger partial charge in [-0.25, -0.2) is 0 Å². The molecule has 0 fully saturated rings. The molecule has 0 saturated carbocycles. The van der Waals surface area contributed by atoms with Crippen LogP contribution >= 0.6 is 0 Å². The van der Waals surface area contributed by atoms with Gasteiger partial charge in [-0.3, -0.25) is 4.79 Å². The van der Waals surface area contributed by atoms with E-state index in [2.05, 4.69) is 11.7 Å². The van der Waals surface area contributed by atoms with Crippen LogP contribution in [-0.4, -0.2) is 35.5 Å². The number of aliphatic hydroxyl groups is 2. The van der Waals surface area contributed by atoms with Crippen molar-refractivity contribution in [2.45, 2.75) is 82.8 Å². The Kier molecular flexibility index (Phi) is 8.39. The molecular weight excluding hydrogens is 332 g/mol. The van der Waals surface area contributed by atoms with Gasteiger partial charge in [-0.05, 0) is 25.3 Å². The van der Waals surface area contributed by atoms with Gasteiger partial charge in [-0.15, -0.1) is 0 Å². The standard InChI is InChI=1S/C21H32O5/c1-3-4-5-8-15(22)11-12-17-18-13-16(26-20(18)14-19(17)23)9-6-7-10-21(24)25-2/h11-13,15,17,19,22-23H,3-10,14H2,1-2H3/b12-11+/t15-,17+,19+/m0/s1. The van der Waals surface area contributed by atoms with Crippen LogP contribution in [0.1, 0.15) is 74.9 Å². The average molecular weight is 364 g/mol. The molecule has 0 bridgehead atoms. The quantitative estimate of drug-likeness (QED) is 0.356. The number of aliphatic hydroxyl groups excluding tert-OH is 2. The minimum Gasteiger partial charge on any atom is -0.469 e. The second kappa shape index (κ2) is 10.5. The second-order valence-electron chi connectivity index (χ2n) is 7.12. The van der Waals surface area contributed by atoms with Gasteiger partial charge < -0.3 is 19.4 Å². The van der Waals surface area contributed by atoms with Crippen LogP contribution in [0.3, 0.4) is 0 Å². The highest BCUT2D eigenvalue weighted by molar-refractivity contribution is 5.68. The molecule has 3 atom stereocenters. The van der Waals surface area contributed by atoms with Crippen LogP contribution < -0.4 is 0 Å². The number of carbonyl (C=O) groups excluding carboxylic acids is 1. The molecule has 0 amide bonds. The molecule has 0 spiro atoms. The number of methoxy groups -OCH3 is 1. The van der Waals surface area contributed by atoms with E-state index in [1.54, 1.807) is 0 Å². The average Bonchev–Trinajstić information content (AvgIpc) is 3.13. The van der Waals surface area contributed by atoms with E-state index in [1.807, 2.05) is 18.2 Å². The Morgan fingerprint density at radius 3 is 2.92 bits per heavy atom. The van der Waals surface area contributed by atoms with E-state index in [9.17, 15) is 15.0 Å². The summed E-state index contributed by atoms with van der Waals surface area (Å²) >= 11 is 0. The number of ether oxygens (including phenoxy) is 1. The zero-order valence-electron chi connectivity index (χ0n) is 15.9. The van der Waals surface area contributed by atoms with Crippen LogP contribution in [0.2, 0.25) is 0 Å². The zero-order valence-corrected chi connectivity index (χ0v) is 15.9. The smallest absolute Gasteiger partial charge is 0.305 e. The summed E-state index contributed by atoms with van der Waals surface area (Å²) in [5, 5.41) is 20.3. The maximum Gasteiger partial charge on any atom is 0.305 e. The summed E-state index contributed by atoms with van der Waals surface area (Å²) in [6.45, 7) is 2.14. The minimum absolute atomic E-state index is 0.113. The molecule has 26 heavy (non-hydrogen) atoms.